The number of carbonyl (C=O) groups is 1. The van der Waals surface area contributed by atoms with Gasteiger partial charge in [-0.05, 0) is 56.4 Å². The number of hydrogen-bond donors (Lipinski definition) is 1. The minimum absolute atomic E-state index is 0.557. The first-order valence-electron chi connectivity index (χ1n) is 6.92. The molecule has 0 radical (unpaired) electrons. The highest BCUT2D eigenvalue weighted by Gasteiger charge is 2.29. The van der Waals surface area contributed by atoms with Crippen molar-refractivity contribution in [3.05, 3.63) is 33.9 Å². The summed E-state index contributed by atoms with van der Waals surface area (Å²) in [6.07, 6.45) is 4.95. The highest BCUT2D eigenvalue weighted by Crippen LogP contribution is 2.35. The molecule has 1 aliphatic heterocycles. The van der Waals surface area contributed by atoms with Crippen LogP contribution >= 0.6 is 15.9 Å². The summed E-state index contributed by atoms with van der Waals surface area (Å²) in [5.41, 5.74) is 3.04. The van der Waals surface area contributed by atoms with Crippen LogP contribution in [0, 0.1) is 5.41 Å². The van der Waals surface area contributed by atoms with E-state index in [4.69, 9.17) is 0 Å². The lowest BCUT2D eigenvalue weighted by Gasteiger charge is -2.18. The van der Waals surface area contributed by atoms with Crippen LogP contribution < -0.4 is 0 Å². The Morgan fingerprint density at radius 2 is 2.20 bits per heavy atom. The molecule has 0 atom stereocenters. The first-order chi connectivity index (χ1) is 9.38. The Bertz CT molecular complexity index is 700. The normalized spacial score (nSPS) is 14.8. The predicted molar refractivity (Wildman–Crippen MR) is 83.1 cm³/mol. The summed E-state index contributed by atoms with van der Waals surface area (Å²) in [7, 11) is 0. The molecule has 0 unspecified atom stereocenters. The van der Waals surface area contributed by atoms with Crippen molar-refractivity contribution >= 4 is 32.8 Å². The molecule has 106 valence electrons. The zero-order valence-electron chi connectivity index (χ0n) is 11.7. The molecule has 2 heterocycles. The lowest BCUT2D eigenvalue weighted by atomic mass is 9.85. The molecule has 3 nitrogen and oxygen atoms in total. The third kappa shape index (κ3) is 2.16. The Labute approximate surface area is 126 Å². The minimum atomic E-state index is -0.747. The monoisotopic (exact) mass is 335 g/mol. The van der Waals surface area contributed by atoms with E-state index >= 15 is 0 Å². The van der Waals surface area contributed by atoms with Crippen LogP contribution in [0.15, 0.2) is 22.8 Å². The summed E-state index contributed by atoms with van der Waals surface area (Å²) in [6.45, 7) is 4.60. The summed E-state index contributed by atoms with van der Waals surface area (Å²) in [5.74, 6) is -0.747. The van der Waals surface area contributed by atoms with E-state index in [1.165, 1.54) is 16.5 Å². The molecule has 20 heavy (non-hydrogen) atoms. The molecular weight excluding hydrogens is 318 g/mol. The van der Waals surface area contributed by atoms with Crippen molar-refractivity contribution in [2.45, 2.75) is 39.7 Å². The fourth-order valence-electron chi connectivity index (χ4n) is 3.06. The van der Waals surface area contributed by atoms with Crippen molar-refractivity contribution in [3.63, 3.8) is 0 Å². The van der Waals surface area contributed by atoms with Crippen molar-refractivity contribution in [3.8, 4) is 0 Å². The number of benzene rings is 1. The van der Waals surface area contributed by atoms with E-state index in [9.17, 15) is 9.90 Å². The molecule has 0 bridgehead atoms. The van der Waals surface area contributed by atoms with E-state index in [0.717, 1.165) is 29.4 Å². The number of aromatic nitrogens is 1. The molecule has 1 N–H and O–H groups in total. The second kappa shape index (κ2) is 4.62. The quantitative estimate of drug-likeness (QED) is 0.920. The van der Waals surface area contributed by atoms with Gasteiger partial charge in [-0.2, -0.15) is 0 Å². The van der Waals surface area contributed by atoms with E-state index in [-0.39, 0.29) is 0 Å². The first-order valence-corrected chi connectivity index (χ1v) is 7.71. The number of nitrogens with zero attached hydrogens (tertiary/aromatic N) is 1. The number of rotatable bonds is 3. The van der Waals surface area contributed by atoms with E-state index in [2.05, 4.69) is 38.8 Å². The van der Waals surface area contributed by atoms with Gasteiger partial charge in [0.05, 0.1) is 10.9 Å². The zero-order valence-corrected chi connectivity index (χ0v) is 13.3. The average Bonchev–Trinajstić information content (AvgIpc) is 2.68. The topological polar surface area (TPSA) is 42.2 Å². The van der Waals surface area contributed by atoms with E-state index < -0.39 is 11.4 Å². The Kier molecular flexibility index (Phi) is 3.16. The lowest BCUT2D eigenvalue weighted by Crippen LogP contribution is -2.26. The van der Waals surface area contributed by atoms with E-state index in [1.54, 1.807) is 13.8 Å². The van der Waals surface area contributed by atoms with Crippen molar-refractivity contribution in [2.24, 2.45) is 5.41 Å². The van der Waals surface area contributed by atoms with Crippen LogP contribution in [-0.2, 0) is 24.2 Å². The molecule has 0 saturated carbocycles. The highest BCUT2D eigenvalue weighted by atomic mass is 79.9. The standard InChI is InChI=1S/C16H18BrNO2/c1-16(2,15(19)20)8-11-9-18-5-3-4-10-6-12(17)7-13(11)14(10)18/h6-7,9H,3-5,8H2,1-2H3,(H,19,20). The second-order valence-corrected chi connectivity index (χ2v) is 7.19. The molecule has 0 saturated heterocycles. The van der Waals surface area contributed by atoms with Gasteiger partial charge in [0.2, 0.25) is 0 Å². The molecule has 0 aliphatic carbocycles. The molecule has 2 aromatic rings. The number of carboxylic acid groups (broad SMARTS) is 1. The van der Waals surface area contributed by atoms with Crippen LogP contribution in [0.4, 0.5) is 0 Å². The summed E-state index contributed by atoms with van der Waals surface area (Å²) in [6, 6.07) is 4.30. The van der Waals surface area contributed by atoms with Gasteiger partial charge in [-0.3, -0.25) is 4.79 Å². The Morgan fingerprint density at radius 1 is 1.45 bits per heavy atom. The van der Waals surface area contributed by atoms with Gasteiger partial charge in [0.1, 0.15) is 0 Å². The Balaban J connectivity index is 2.16. The molecular formula is C16H18BrNO2. The summed E-state index contributed by atoms with van der Waals surface area (Å²) in [5, 5.41) is 10.5. The molecule has 0 fully saturated rings. The van der Waals surface area contributed by atoms with Gasteiger partial charge >= 0.3 is 5.97 Å². The second-order valence-electron chi connectivity index (χ2n) is 6.28. The third-order valence-electron chi connectivity index (χ3n) is 4.15. The van der Waals surface area contributed by atoms with Crippen molar-refractivity contribution < 1.29 is 9.90 Å². The maximum atomic E-state index is 11.4. The van der Waals surface area contributed by atoms with Crippen LogP contribution in [0.25, 0.3) is 10.9 Å². The molecule has 0 amide bonds. The van der Waals surface area contributed by atoms with Crippen LogP contribution in [0.3, 0.4) is 0 Å². The van der Waals surface area contributed by atoms with Crippen molar-refractivity contribution in [2.75, 3.05) is 0 Å². The smallest absolute Gasteiger partial charge is 0.309 e. The van der Waals surface area contributed by atoms with Gasteiger partial charge < -0.3 is 9.67 Å². The lowest BCUT2D eigenvalue weighted by molar-refractivity contribution is -0.146. The minimum Gasteiger partial charge on any atom is -0.481 e. The number of halogens is 1. The van der Waals surface area contributed by atoms with Crippen LogP contribution in [0.2, 0.25) is 0 Å². The van der Waals surface area contributed by atoms with Gasteiger partial charge in [-0.15, -0.1) is 0 Å². The van der Waals surface area contributed by atoms with E-state index in [0.29, 0.717) is 6.42 Å². The maximum Gasteiger partial charge on any atom is 0.309 e. The van der Waals surface area contributed by atoms with Gasteiger partial charge in [-0.1, -0.05) is 15.9 Å². The number of hydrogen-bond acceptors (Lipinski definition) is 1. The highest BCUT2D eigenvalue weighted by molar-refractivity contribution is 9.10. The van der Waals surface area contributed by atoms with Crippen LogP contribution in [-0.4, -0.2) is 15.6 Å². The molecule has 0 spiro atoms. The fourth-order valence-corrected chi connectivity index (χ4v) is 3.57. The van der Waals surface area contributed by atoms with Crippen LogP contribution in [0.1, 0.15) is 31.4 Å². The van der Waals surface area contributed by atoms with Gasteiger partial charge in [0.15, 0.2) is 0 Å². The molecule has 1 aromatic carbocycles. The third-order valence-corrected chi connectivity index (χ3v) is 4.61. The number of carboxylic acids is 1. The fraction of sp³-hybridized carbons (Fsp3) is 0.438. The SMILES string of the molecule is CC(C)(Cc1cn2c3c(cc(Br)cc13)CCC2)C(=O)O. The molecule has 1 aliphatic rings. The van der Waals surface area contributed by atoms with Crippen LogP contribution in [0.5, 0.6) is 0 Å². The Hall–Kier alpha value is -1.29. The molecule has 3 rings (SSSR count). The summed E-state index contributed by atoms with van der Waals surface area (Å²) < 4.78 is 3.36. The van der Waals surface area contributed by atoms with Crippen molar-refractivity contribution in [1.29, 1.82) is 0 Å². The Morgan fingerprint density at radius 3 is 2.90 bits per heavy atom. The van der Waals surface area contributed by atoms with Gasteiger partial charge in [0, 0.05) is 22.6 Å². The van der Waals surface area contributed by atoms with Crippen molar-refractivity contribution in [1.82, 2.24) is 4.57 Å². The summed E-state index contributed by atoms with van der Waals surface area (Å²) >= 11 is 3.57. The predicted octanol–water partition coefficient (Wildman–Crippen LogP) is 4.00. The number of aliphatic carboxylic acids is 1. The van der Waals surface area contributed by atoms with Gasteiger partial charge in [0.25, 0.3) is 0 Å². The largest absolute Gasteiger partial charge is 0.481 e. The summed E-state index contributed by atoms with van der Waals surface area (Å²) in [4.78, 5) is 11.4. The molecule has 4 heteroatoms. The van der Waals surface area contributed by atoms with E-state index in [1.807, 2.05) is 0 Å². The zero-order chi connectivity index (χ0) is 14.5. The number of aryl methyl sites for hydroxylation is 2. The average molecular weight is 336 g/mol. The first kappa shape index (κ1) is 13.7. The maximum absolute atomic E-state index is 11.4. The molecule has 1 aromatic heterocycles. The van der Waals surface area contributed by atoms with Gasteiger partial charge in [-0.25, -0.2) is 0 Å².